The fraction of sp³-hybridized carbons (Fsp3) is 0.643. The SMILES string of the molecule is CN=C(NCCOCCOC)N(C)Cc1cc(Cl)cn1C.I. The van der Waals surface area contributed by atoms with Gasteiger partial charge in [0.15, 0.2) is 5.96 Å². The van der Waals surface area contributed by atoms with Crippen LogP contribution in [0.4, 0.5) is 0 Å². The molecule has 0 amide bonds. The molecule has 0 aliphatic carbocycles. The number of guanidine groups is 1. The van der Waals surface area contributed by atoms with E-state index in [1.807, 2.05) is 35.8 Å². The number of halogens is 2. The molecule has 0 spiro atoms. The van der Waals surface area contributed by atoms with Crippen molar-refractivity contribution in [2.45, 2.75) is 6.54 Å². The first kappa shape index (κ1) is 21.5. The Hall–Kier alpha value is -0.510. The standard InChI is InChI=1S/C14H25ClN4O2.HI/c1-16-14(17-5-6-21-8-7-20-4)19(3)11-13-9-12(15)10-18(13)2;/h9-10H,5-8,11H2,1-4H3,(H,16,17);1H. The average molecular weight is 445 g/mol. The number of aromatic nitrogens is 1. The number of aryl methyl sites for hydroxylation is 1. The van der Waals surface area contributed by atoms with Crippen LogP contribution in [-0.2, 0) is 23.1 Å². The normalized spacial score (nSPS) is 11.2. The predicted octanol–water partition coefficient (Wildman–Crippen LogP) is 1.97. The van der Waals surface area contributed by atoms with Gasteiger partial charge in [-0.1, -0.05) is 11.6 Å². The third kappa shape index (κ3) is 7.66. The van der Waals surface area contributed by atoms with Crippen LogP contribution in [0.5, 0.6) is 0 Å². The maximum Gasteiger partial charge on any atom is 0.193 e. The summed E-state index contributed by atoms with van der Waals surface area (Å²) in [6, 6.07) is 1.96. The zero-order chi connectivity index (χ0) is 15.7. The third-order valence-electron chi connectivity index (χ3n) is 3.01. The Labute approximate surface area is 154 Å². The second-order valence-electron chi connectivity index (χ2n) is 4.70. The third-order valence-corrected chi connectivity index (χ3v) is 3.22. The molecule has 128 valence electrons. The van der Waals surface area contributed by atoms with Gasteiger partial charge in [-0.25, -0.2) is 0 Å². The van der Waals surface area contributed by atoms with E-state index in [0.29, 0.717) is 26.4 Å². The Bertz CT molecular complexity index is 454. The zero-order valence-electron chi connectivity index (χ0n) is 13.6. The van der Waals surface area contributed by atoms with Gasteiger partial charge in [-0.3, -0.25) is 4.99 Å². The highest BCUT2D eigenvalue weighted by Gasteiger charge is 2.09. The Morgan fingerprint density at radius 1 is 1.41 bits per heavy atom. The van der Waals surface area contributed by atoms with E-state index in [-0.39, 0.29) is 24.0 Å². The van der Waals surface area contributed by atoms with Gasteiger partial charge in [-0.15, -0.1) is 24.0 Å². The molecule has 1 rings (SSSR count). The van der Waals surface area contributed by atoms with Gasteiger partial charge in [0, 0.05) is 46.7 Å². The second kappa shape index (κ2) is 12.0. The van der Waals surface area contributed by atoms with Gasteiger partial charge >= 0.3 is 0 Å². The van der Waals surface area contributed by atoms with Crippen LogP contribution >= 0.6 is 35.6 Å². The van der Waals surface area contributed by atoms with Crippen LogP contribution in [0.1, 0.15) is 5.69 Å². The summed E-state index contributed by atoms with van der Waals surface area (Å²) in [4.78, 5) is 6.31. The number of methoxy groups -OCH3 is 1. The van der Waals surface area contributed by atoms with E-state index in [4.69, 9.17) is 21.1 Å². The number of nitrogens with zero attached hydrogens (tertiary/aromatic N) is 3. The molecule has 0 saturated heterocycles. The summed E-state index contributed by atoms with van der Waals surface area (Å²) in [7, 11) is 7.40. The summed E-state index contributed by atoms with van der Waals surface area (Å²) >= 11 is 5.99. The molecule has 0 bridgehead atoms. The minimum atomic E-state index is 0. The summed E-state index contributed by atoms with van der Waals surface area (Å²) in [5.74, 6) is 0.822. The van der Waals surface area contributed by atoms with Crippen molar-refractivity contribution in [1.29, 1.82) is 0 Å². The van der Waals surface area contributed by atoms with E-state index < -0.39 is 0 Å². The van der Waals surface area contributed by atoms with Crippen LogP contribution in [-0.4, -0.2) is 63.0 Å². The van der Waals surface area contributed by atoms with E-state index in [1.165, 1.54) is 0 Å². The minimum absolute atomic E-state index is 0. The fourth-order valence-electron chi connectivity index (χ4n) is 1.91. The minimum Gasteiger partial charge on any atom is -0.382 e. The predicted molar refractivity (Wildman–Crippen MR) is 101 cm³/mol. The first-order chi connectivity index (χ1) is 10.1. The fourth-order valence-corrected chi connectivity index (χ4v) is 2.18. The summed E-state index contributed by atoms with van der Waals surface area (Å²) in [5, 5.41) is 4.01. The van der Waals surface area contributed by atoms with E-state index >= 15 is 0 Å². The molecular formula is C14H26ClIN4O2. The van der Waals surface area contributed by atoms with E-state index in [9.17, 15) is 0 Å². The highest BCUT2D eigenvalue weighted by molar-refractivity contribution is 14.0. The van der Waals surface area contributed by atoms with E-state index in [1.54, 1.807) is 14.2 Å². The lowest BCUT2D eigenvalue weighted by Gasteiger charge is -2.22. The topological polar surface area (TPSA) is 51.0 Å². The molecule has 6 nitrogen and oxygen atoms in total. The van der Waals surface area contributed by atoms with Crippen molar-refractivity contribution in [3.8, 4) is 0 Å². The van der Waals surface area contributed by atoms with Gasteiger partial charge in [0.25, 0.3) is 0 Å². The van der Waals surface area contributed by atoms with Gasteiger partial charge in [0.2, 0.25) is 0 Å². The Kier molecular flexibility index (Phi) is 11.7. The summed E-state index contributed by atoms with van der Waals surface area (Å²) in [6.07, 6.45) is 1.89. The van der Waals surface area contributed by atoms with Crippen molar-refractivity contribution in [1.82, 2.24) is 14.8 Å². The highest BCUT2D eigenvalue weighted by atomic mass is 127. The molecule has 0 saturated carbocycles. The van der Waals surface area contributed by atoms with Crippen molar-refractivity contribution in [3.63, 3.8) is 0 Å². The summed E-state index contributed by atoms with van der Waals surface area (Å²) in [5.41, 5.74) is 1.13. The van der Waals surface area contributed by atoms with Crippen molar-refractivity contribution < 1.29 is 9.47 Å². The van der Waals surface area contributed by atoms with Crippen LogP contribution in [0.2, 0.25) is 5.02 Å². The maximum atomic E-state index is 5.99. The molecule has 1 aromatic heterocycles. The molecule has 0 aliphatic heterocycles. The Morgan fingerprint density at radius 2 is 2.14 bits per heavy atom. The van der Waals surface area contributed by atoms with Crippen LogP contribution in [0.25, 0.3) is 0 Å². The lowest BCUT2D eigenvalue weighted by atomic mass is 10.4. The van der Waals surface area contributed by atoms with Gasteiger partial charge in [-0.05, 0) is 6.07 Å². The molecule has 1 heterocycles. The molecular weight excluding hydrogens is 419 g/mol. The average Bonchev–Trinajstić information content (AvgIpc) is 2.76. The van der Waals surface area contributed by atoms with Crippen LogP contribution in [0.15, 0.2) is 17.3 Å². The first-order valence-electron chi connectivity index (χ1n) is 6.87. The first-order valence-corrected chi connectivity index (χ1v) is 7.25. The van der Waals surface area contributed by atoms with Crippen LogP contribution in [0, 0.1) is 0 Å². The van der Waals surface area contributed by atoms with Gasteiger partial charge in [0.05, 0.1) is 31.4 Å². The number of ether oxygens (including phenoxy) is 2. The number of hydrogen-bond donors (Lipinski definition) is 1. The molecule has 0 aliphatic rings. The molecule has 22 heavy (non-hydrogen) atoms. The second-order valence-corrected chi connectivity index (χ2v) is 5.13. The van der Waals surface area contributed by atoms with Crippen molar-refractivity contribution in [2.24, 2.45) is 12.0 Å². The lowest BCUT2D eigenvalue weighted by Crippen LogP contribution is -2.40. The molecule has 0 unspecified atom stereocenters. The van der Waals surface area contributed by atoms with Gasteiger partial charge in [-0.2, -0.15) is 0 Å². The Balaban J connectivity index is 0.00000441. The lowest BCUT2D eigenvalue weighted by molar-refractivity contribution is 0.0731. The molecule has 8 heteroatoms. The molecule has 0 radical (unpaired) electrons. The van der Waals surface area contributed by atoms with Crippen molar-refractivity contribution in [2.75, 3.05) is 47.6 Å². The van der Waals surface area contributed by atoms with Crippen molar-refractivity contribution >= 4 is 41.5 Å². The molecule has 0 atom stereocenters. The monoisotopic (exact) mass is 444 g/mol. The summed E-state index contributed by atoms with van der Waals surface area (Å²) < 4.78 is 12.3. The zero-order valence-corrected chi connectivity index (χ0v) is 16.7. The number of nitrogens with one attached hydrogen (secondary N) is 1. The number of hydrogen-bond acceptors (Lipinski definition) is 3. The van der Waals surface area contributed by atoms with E-state index in [2.05, 4.69) is 10.3 Å². The quantitative estimate of drug-likeness (QED) is 0.288. The smallest absolute Gasteiger partial charge is 0.193 e. The van der Waals surface area contributed by atoms with Crippen molar-refractivity contribution in [3.05, 3.63) is 23.0 Å². The van der Waals surface area contributed by atoms with Crippen LogP contribution < -0.4 is 5.32 Å². The van der Waals surface area contributed by atoms with Crippen LogP contribution in [0.3, 0.4) is 0 Å². The van der Waals surface area contributed by atoms with Gasteiger partial charge < -0.3 is 24.3 Å². The number of rotatable bonds is 8. The molecule has 0 fully saturated rings. The largest absolute Gasteiger partial charge is 0.382 e. The Morgan fingerprint density at radius 3 is 2.68 bits per heavy atom. The molecule has 1 aromatic rings. The highest BCUT2D eigenvalue weighted by Crippen LogP contribution is 2.14. The molecule has 1 N–H and O–H groups in total. The maximum absolute atomic E-state index is 5.99. The van der Waals surface area contributed by atoms with E-state index in [0.717, 1.165) is 23.2 Å². The summed E-state index contributed by atoms with van der Waals surface area (Å²) in [6.45, 7) is 3.27. The number of aliphatic imine (C=N–C) groups is 1. The van der Waals surface area contributed by atoms with Gasteiger partial charge in [0.1, 0.15) is 0 Å². The molecule has 0 aromatic carbocycles.